The molecule has 1 atom stereocenters. The van der Waals surface area contributed by atoms with Gasteiger partial charge in [-0.3, -0.25) is 0 Å². The Bertz CT molecular complexity index is 467. The Balaban J connectivity index is 2.07. The fraction of sp³-hybridized carbons (Fsp3) is 0.714. The maximum absolute atomic E-state index is 12.1. The van der Waals surface area contributed by atoms with Crippen molar-refractivity contribution in [2.75, 3.05) is 0 Å². The van der Waals surface area contributed by atoms with Crippen molar-refractivity contribution in [2.45, 2.75) is 64.1 Å². The molecular weight excluding hydrogens is 242 g/mol. The zero-order valence-electron chi connectivity index (χ0n) is 12.1. The van der Waals surface area contributed by atoms with Gasteiger partial charge in [0.05, 0.1) is 6.54 Å². The molecule has 0 saturated heterocycles. The molecule has 1 unspecified atom stereocenters. The number of imidazole rings is 1. The molecule has 0 spiro atoms. The Hall–Kier alpha value is -1.36. The summed E-state index contributed by atoms with van der Waals surface area (Å²) in [6.45, 7) is 7.63. The number of nitrogens with zero attached hydrogens (tertiary/aromatic N) is 2. The highest BCUT2D eigenvalue weighted by Gasteiger charge is 2.36. The average Bonchev–Trinajstić information content (AvgIpc) is 2.98. The smallest absolute Gasteiger partial charge is 0.328 e. The maximum atomic E-state index is 12.1. The molecule has 2 rings (SSSR count). The molecule has 1 aliphatic carbocycles. The fourth-order valence-corrected chi connectivity index (χ4v) is 1.97. The minimum atomic E-state index is -1.04. The van der Waals surface area contributed by atoms with E-state index in [0.29, 0.717) is 12.5 Å². The number of rotatable bonds is 4. The molecule has 2 N–H and O–H groups in total. The number of hydrogen-bond donors (Lipinski definition) is 1. The van der Waals surface area contributed by atoms with E-state index >= 15 is 0 Å². The first kappa shape index (κ1) is 14.1. The van der Waals surface area contributed by atoms with Crippen molar-refractivity contribution in [1.29, 1.82) is 0 Å². The number of nitrogens with two attached hydrogens (primary N) is 1. The Labute approximate surface area is 114 Å². The second-order valence-electron chi connectivity index (χ2n) is 6.61. The van der Waals surface area contributed by atoms with Crippen LogP contribution in [0.5, 0.6) is 0 Å². The van der Waals surface area contributed by atoms with Crippen LogP contribution in [0.4, 0.5) is 0 Å². The van der Waals surface area contributed by atoms with Gasteiger partial charge in [-0.1, -0.05) is 0 Å². The standard InChI is InChI=1S/C14H23N3O2/c1-13(2,3)19-12(18)14(4,15)9-17-8-7-16-11(17)10-5-6-10/h7-8,10H,5-6,9,15H2,1-4H3. The summed E-state index contributed by atoms with van der Waals surface area (Å²) in [5, 5.41) is 0. The SMILES string of the molecule is CC(C)(C)OC(=O)C(C)(N)Cn1ccnc1C1CC1. The monoisotopic (exact) mass is 265 g/mol. The van der Waals surface area contributed by atoms with E-state index in [4.69, 9.17) is 10.5 Å². The number of ether oxygens (including phenoxy) is 1. The Morgan fingerprint density at radius 2 is 2.11 bits per heavy atom. The van der Waals surface area contributed by atoms with Crippen LogP contribution >= 0.6 is 0 Å². The molecule has 0 aliphatic heterocycles. The van der Waals surface area contributed by atoms with Crippen LogP contribution in [0.25, 0.3) is 0 Å². The molecule has 1 aliphatic rings. The van der Waals surface area contributed by atoms with Crippen LogP contribution < -0.4 is 5.73 Å². The summed E-state index contributed by atoms with van der Waals surface area (Å²) < 4.78 is 7.34. The van der Waals surface area contributed by atoms with E-state index in [1.807, 2.05) is 31.5 Å². The Morgan fingerprint density at radius 1 is 1.47 bits per heavy atom. The largest absolute Gasteiger partial charge is 0.459 e. The molecule has 5 heteroatoms. The number of esters is 1. The molecule has 106 valence electrons. The lowest BCUT2D eigenvalue weighted by atomic mass is 10.0. The van der Waals surface area contributed by atoms with Crippen LogP contribution in [0, 0.1) is 0 Å². The molecule has 1 fully saturated rings. The second kappa shape index (κ2) is 4.63. The minimum Gasteiger partial charge on any atom is -0.459 e. The highest BCUT2D eigenvalue weighted by molar-refractivity contribution is 5.80. The van der Waals surface area contributed by atoms with Crippen molar-refractivity contribution in [1.82, 2.24) is 9.55 Å². The van der Waals surface area contributed by atoms with E-state index in [0.717, 1.165) is 5.82 Å². The van der Waals surface area contributed by atoms with E-state index in [-0.39, 0.29) is 5.97 Å². The summed E-state index contributed by atoms with van der Waals surface area (Å²) in [6, 6.07) is 0. The zero-order valence-corrected chi connectivity index (χ0v) is 12.1. The van der Waals surface area contributed by atoms with Gasteiger partial charge in [-0.15, -0.1) is 0 Å². The number of carbonyl (C=O) groups excluding carboxylic acids is 1. The van der Waals surface area contributed by atoms with Crippen LogP contribution in [-0.2, 0) is 16.1 Å². The summed E-state index contributed by atoms with van der Waals surface area (Å²) in [4.78, 5) is 16.5. The molecule has 0 radical (unpaired) electrons. The van der Waals surface area contributed by atoms with Gasteiger partial charge < -0.3 is 15.0 Å². The fourth-order valence-electron chi connectivity index (χ4n) is 1.97. The van der Waals surface area contributed by atoms with Crippen molar-refractivity contribution in [3.8, 4) is 0 Å². The van der Waals surface area contributed by atoms with Gasteiger partial charge in [0.2, 0.25) is 0 Å². The van der Waals surface area contributed by atoms with E-state index < -0.39 is 11.1 Å². The van der Waals surface area contributed by atoms with Crippen molar-refractivity contribution in [3.05, 3.63) is 18.2 Å². The van der Waals surface area contributed by atoms with Crippen molar-refractivity contribution < 1.29 is 9.53 Å². The predicted octanol–water partition coefficient (Wildman–Crippen LogP) is 1.82. The van der Waals surface area contributed by atoms with Crippen molar-refractivity contribution in [2.24, 2.45) is 5.73 Å². The normalized spacial score (nSPS) is 19.0. The van der Waals surface area contributed by atoms with Gasteiger partial charge in [0.1, 0.15) is 17.0 Å². The average molecular weight is 265 g/mol. The summed E-state index contributed by atoms with van der Waals surface area (Å²) in [5.74, 6) is 1.18. The highest BCUT2D eigenvalue weighted by Crippen LogP contribution is 2.39. The quantitative estimate of drug-likeness (QED) is 0.843. The lowest BCUT2D eigenvalue weighted by Gasteiger charge is -2.29. The number of hydrogen-bond acceptors (Lipinski definition) is 4. The topological polar surface area (TPSA) is 70.1 Å². The Kier molecular flexibility index (Phi) is 3.43. The van der Waals surface area contributed by atoms with Gasteiger partial charge in [0.25, 0.3) is 0 Å². The molecule has 1 heterocycles. The third-order valence-corrected chi connectivity index (χ3v) is 3.05. The molecule has 1 aromatic rings. The molecule has 0 amide bonds. The van der Waals surface area contributed by atoms with E-state index in [1.54, 1.807) is 13.1 Å². The number of aromatic nitrogens is 2. The molecular formula is C14H23N3O2. The van der Waals surface area contributed by atoms with Gasteiger partial charge in [-0.25, -0.2) is 9.78 Å². The van der Waals surface area contributed by atoms with E-state index in [2.05, 4.69) is 4.98 Å². The first-order chi connectivity index (χ1) is 8.69. The van der Waals surface area contributed by atoms with E-state index in [9.17, 15) is 4.79 Å². The first-order valence-electron chi connectivity index (χ1n) is 6.72. The van der Waals surface area contributed by atoms with E-state index in [1.165, 1.54) is 12.8 Å². The maximum Gasteiger partial charge on any atom is 0.328 e. The van der Waals surface area contributed by atoms with Crippen LogP contribution in [0.1, 0.15) is 52.3 Å². The van der Waals surface area contributed by atoms with Crippen LogP contribution in [0.15, 0.2) is 12.4 Å². The molecule has 1 saturated carbocycles. The summed E-state index contributed by atoms with van der Waals surface area (Å²) in [5.41, 5.74) is 4.56. The minimum absolute atomic E-state index is 0.379. The zero-order chi connectivity index (χ0) is 14.3. The first-order valence-corrected chi connectivity index (χ1v) is 6.72. The van der Waals surface area contributed by atoms with Crippen molar-refractivity contribution in [3.63, 3.8) is 0 Å². The van der Waals surface area contributed by atoms with Crippen LogP contribution in [0.3, 0.4) is 0 Å². The molecule has 0 bridgehead atoms. The Morgan fingerprint density at radius 3 is 2.63 bits per heavy atom. The second-order valence-corrected chi connectivity index (χ2v) is 6.61. The summed E-state index contributed by atoms with van der Waals surface area (Å²) in [6.07, 6.45) is 5.98. The summed E-state index contributed by atoms with van der Waals surface area (Å²) >= 11 is 0. The van der Waals surface area contributed by atoms with Gasteiger partial charge >= 0.3 is 5.97 Å². The highest BCUT2D eigenvalue weighted by atomic mass is 16.6. The van der Waals surface area contributed by atoms with Gasteiger partial charge in [0, 0.05) is 18.3 Å². The van der Waals surface area contributed by atoms with Crippen LogP contribution in [0.2, 0.25) is 0 Å². The summed E-state index contributed by atoms with van der Waals surface area (Å²) in [7, 11) is 0. The molecule has 0 aromatic carbocycles. The lowest BCUT2D eigenvalue weighted by molar-refractivity contribution is -0.161. The van der Waals surface area contributed by atoms with Crippen LogP contribution in [-0.4, -0.2) is 26.7 Å². The predicted molar refractivity (Wildman–Crippen MR) is 72.6 cm³/mol. The molecule has 19 heavy (non-hydrogen) atoms. The molecule has 1 aromatic heterocycles. The third kappa shape index (κ3) is 3.56. The van der Waals surface area contributed by atoms with Gasteiger partial charge in [-0.05, 0) is 40.5 Å². The third-order valence-electron chi connectivity index (χ3n) is 3.05. The molecule has 5 nitrogen and oxygen atoms in total. The van der Waals surface area contributed by atoms with Gasteiger partial charge in [0.15, 0.2) is 0 Å². The number of carbonyl (C=O) groups is 1. The van der Waals surface area contributed by atoms with Gasteiger partial charge in [-0.2, -0.15) is 0 Å². The lowest BCUT2D eigenvalue weighted by Crippen LogP contribution is -2.51. The van der Waals surface area contributed by atoms with Crippen molar-refractivity contribution >= 4 is 5.97 Å².